The number of carbonyl (C=O) groups excluding carboxylic acids is 2. The second kappa shape index (κ2) is 4.35. The molecule has 5 heteroatoms. The monoisotopic (exact) mass is 176 g/mol. The van der Waals surface area contributed by atoms with E-state index in [1.807, 2.05) is 0 Å². The van der Waals surface area contributed by atoms with E-state index in [1.165, 1.54) is 0 Å². The van der Waals surface area contributed by atoms with E-state index in [1.54, 1.807) is 6.92 Å². The molecule has 0 heterocycles. The van der Waals surface area contributed by atoms with E-state index in [0.29, 0.717) is 0 Å². The summed E-state index contributed by atoms with van der Waals surface area (Å²) in [6, 6.07) is -0.806. The number of rotatable bonds is 4. The molecule has 64 valence electrons. The normalized spacial score (nSPS) is 15.5. The Balaban J connectivity index is 3.93. The third-order valence-corrected chi connectivity index (χ3v) is 1.45. The summed E-state index contributed by atoms with van der Waals surface area (Å²) in [4.78, 5) is 21.3. The smallest absolute Gasteiger partial charge is 0.219 e. The van der Waals surface area contributed by atoms with Gasteiger partial charge in [-0.15, -0.1) is 0 Å². The maximum atomic E-state index is 11.0. The van der Waals surface area contributed by atoms with Crippen LogP contribution in [0.3, 0.4) is 0 Å². The van der Waals surface area contributed by atoms with Crippen LogP contribution in [0.15, 0.2) is 0 Å². The van der Waals surface area contributed by atoms with Crippen molar-refractivity contribution in [3.63, 3.8) is 0 Å². The second-order valence-electron chi connectivity index (χ2n) is 2.36. The summed E-state index contributed by atoms with van der Waals surface area (Å²) in [5.41, 5.74) is 10.2. The molecule has 1 amide bonds. The van der Waals surface area contributed by atoms with Crippen LogP contribution in [0.2, 0.25) is 0 Å². The highest BCUT2D eigenvalue weighted by Gasteiger charge is 2.18. The van der Waals surface area contributed by atoms with Crippen molar-refractivity contribution in [3.8, 4) is 0 Å². The van der Waals surface area contributed by atoms with E-state index in [9.17, 15) is 9.59 Å². The van der Waals surface area contributed by atoms with E-state index in [4.69, 9.17) is 11.5 Å². The van der Waals surface area contributed by atoms with Crippen LogP contribution in [0.4, 0.5) is 0 Å². The molecule has 4 nitrogen and oxygen atoms in total. The van der Waals surface area contributed by atoms with Gasteiger partial charge in [-0.2, -0.15) is 12.6 Å². The Morgan fingerprint density at radius 1 is 1.55 bits per heavy atom. The fraction of sp³-hybridized carbons (Fsp3) is 0.667. The number of carbonyl (C=O) groups is 2. The summed E-state index contributed by atoms with van der Waals surface area (Å²) >= 11 is 3.87. The third kappa shape index (κ3) is 4.00. The molecule has 0 aromatic heterocycles. The molecule has 1 unspecified atom stereocenters. The molecule has 0 saturated carbocycles. The van der Waals surface area contributed by atoms with Gasteiger partial charge in [0, 0.05) is 6.42 Å². The number of thiol groups is 1. The number of amides is 1. The molecule has 0 rings (SSSR count). The van der Waals surface area contributed by atoms with Gasteiger partial charge in [0.25, 0.3) is 0 Å². The molecular formula is C6H12N2O2S. The fourth-order valence-electron chi connectivity index (χ4n) is 0.627. The van der Waals surface area contributed by atoms with Crippen LogP contribution < -0.4 is 11.5 Å². The van der Waals surface area contributed by atoms with Crippen molar-refractivity contribution in [1.82, 2.24) is 0 Å². The molecule has 0 aliphatic carbocycles. The van der Waals surface area contributed by atoms with Crippen LogP contribution in [0, 0.1) is 0 Å². The molecule has 0 fully saturated rings. The highest BCUT2D eigenvalue weighted by molar-refractivity contribution is 7.81. The van der Waals surface area contributed by atoms with Gasteiger partial charge in [0.15, 0.2) is 5.78 Å². The van der Waals surface area contributed by atoms with Crippen molar-refractivity contribution in [2.45, 2.75) is 24.6 Å². The Labute approximate surface area is 70.7 Å². The summed E-state index contributed by atoms with van der Waals surface area (Å²) in [6.45, 7) is 1.60. The average Bonchev–Trinajstić information content (AvgIpc) is 1.84. The highest BCUT2D eigenvalue weighted by atomic mass is 32.1. The summed E-state index contributed by atoms with van der Waals surface area (Å²) < 4.78 is 0. The van der Waals surface area contributed by atoms with Crippen LogP contribution in [0.1, 0.15) is 13.3 Å². The van der Waals surface area contributed by atoms with E-state index >= 15 is 0 Å². The number of nitrogens with two attached hydrogens (primary N) is 2. The summed E-state index contributed by atoms with van der Waals surface area (Å²) in [7, 11) is 0. The standard InChI is InChI=1S/C6H12N2O2S/c1-3(11)6(10)4(7)2-5(8)9/h3-4,11H,2,7H2,1H3,(H2,8,9)/t3?,4-/m1/s1. The van der Waals surface area contributed by atoms with Gasteiger partial charge in [-0.25, -0.2) is 0 Å². The predicted octanol–water partition coefficient (Wildman–Crippen LogP) is -0.924. The van der Waals surface area contributed by atoms with E-state index in [-0.39, 0.29) is 12.2 Å². The van der Waals surface area contributed by atoms with Crippen LogP contribution in [-0.2, 0) is 9.59 Å². The first-order chi connectivity index (χ1) is 4.95. The minimum absolute atomic E-state index is 0.107. The zero-order valence-electron chi connectivity index (χ0n) is 6.28. The summed E-state index contributed by atoms with van der Waals surface area (Å²) in [5.74, 6) is -0.827. The first kappa shape index (κ1) is 10.4. The molecular weight excluding hydrogens is 164 g/mol. The van der Waals surface area contributed by atoms with Gasteiger partial charge in [-0.3, -0.25) is 9.59 Å². The largest absolute Gasteiger partial charge is 0.370 e. The van der Waals surface area contributed by atoms with E-state index < -0.39 is 17.2 Å². The molecule has 11 heavy (non-hydrogen) atoms. The number of hydrogen-bond acceptors (Lipinski definition) is 4. The Hall–Kier alpha value is -0.550. The molecule has 0 spiro atoms. The molecule has 0 aliphatic rings. The predicted molar refractivity (Wildman–Crippen MR) is 45.2 cm³/mol. The number of Topliss-reactive ketones (excluding diaryl/α,β-unsaturated/α-hetero) is 1. The molecule has 0 radical (unpaired) electrons. The Morgan fingerprint density at radius 3 is 2.27 bits per heavy atom. The molecule has 2 atom stereocenters. The quantitative estimate of drug-likeness (QED) is 0.484. The summed E-state index contributed by atoms with van der Waals surface area (Å²) in [6.07, 6.45) is -0.107. The van der Waals surface area contributed by atoms with Crippen molar-refractivity contribution in [2.24, 2.45) is 11.5 Å². The van der Waals surface area contributed by atoms with Gasteiger partial charge in [0.05, 0.1) is 11.3 Å². The lowest BCUT2D eigenvalue weighted by molar-refractivity contribution is -0.124. The minimum Gasteiger partial charge on any atom is -0.370 e. The van der Waals surface area contributed by atoms with Crippen LogP contribution >= 0.6 is 12.6 Å². The van der Waals surface area contributed by atoms with Crippen molar-refractivity contribution in [2.75, 3.05) is 0 Å². The van der Waals surface area contributed by atoms with E-state index in [0.717, 1.165) is 0 Å². The minimum atomic E-state index is -0.806. The Bertz CT molecular complexity index is 170. The number of primary amides is 1. The van der Waals surface area contributed by atoms with Crippen LogP contribution in [0.5, 0.6) is 0 Å². The lowest BCUT2D eigenvalue weighted by Gasteiger charge is -2.09. The topological polar surface area (TPSA) is 86.2 Å². The van der Waals surface area contributed by atoms with E-state index in [2.05, 4.69) is 12.6 Å². The summed E-state index contributed by atoms with van der Waals surface area (Å²) in [5, 5.41) is -0.440. The molecule has 4 N–H and O–H groups in total. The molecule has 0 aromatic carbocycles. The van der Waals surface area contributed by atoms with Gasteiger partial charge in [0.2, 0.25) is 5.91 Å². The highest BCUT2D eigenvalue weighted by Crippen LogP contribution is 2.00. The lowest BCUT2D eigenvalue weighted by atomic mass is 10.1. The van der Waals surface area contributed by atoms with Crippen molar-refractivity contribution in [1.29, 1.82) is 0 Å². The molecule has 0 aromatic rings. The molecule has 0 aliphatic heterocycles. The van der Waals surface area contributed by atoms with Gasteiger partial charge in [-0.05, 0) is 6.92 Å². The zero-order valence-corrected chi connectivity index (χ0v) is 7.17. The Kier molecular flexibility index (Phi) is 4.14. The van der Waals surface area contributed by atoms with Crippen molar-refractivity contribution >= 4 is 24.3 Å². The second-order valence-corrected chi connectivity index (χ2v) is 3.13. The third-order valence-electron chi connectivity index (χ3n) is 1.20. The maximum Gasteiger partial charge on any atom is 0.219 e. The van der Waals surface area contributed by atoms with Crippen molar-refractivity contribution < 1.29 is 9.59 Å². The molecule has 0 saturated heterocycles. The number of ketones is 1. The first-order valence-corrected chi connectivity index (χ1v) is 3.72. The zero-order chi connectivity index (χ0) is 9.02. The lowest BCUT2D eigenvalue weighted by Crippen LogP contribution is -2.38. The maximum absolute atomic E-state index is 11.0. The van der Waals surface area contributed by atoms with Gasteiger partial charge < -0.3 is 11.5 Å². The number of hydrogen-bond donors (Lipinski definition) is 3. The fourth-order valence-corrected chi connectivity index (χ4v) is 0.819. The SMILES string of the molecule is CC(S)C(=O)[C@H](N)CC(N)=O. The first-order valence-electron chi connectivity index (χ1n) is 3.20. The Morgan fingerprint density at radius 2 is 2.00 bits per heavy atom. The average molecular weight is 176 g/mol. The molecule has 0 bridgehead atoms. The van der Waals surface area contributed by atoms with Crippen molar-refractivity contribution in [3.05, 3.63) is 0 Å². The van der Waals surface area contributed by atoms with Gasteiger partial charge >= 0.3 is 0 Å². The van der Waals surface area contributed by atoms with Crippen LogP contribution in [-0.4, -0.2) is 23.0 Å². The van der Waals surface area contributed by atoms with Crippen LogP contribution in [0.25, 0.3) is 0 Å². The van der Waals surface area contributed by atoms with Gasteiger partial charge in [-0.1, -0.05) is 0 Å². The van der Waals surface area contributed by atoms with Gasteiger partial charge in [0.1, 0.15) is 0 Å².